The second-order valence-corrected chi connectivity index (χ2v) is 4.96. The summed E-state index contributed by atoms with van der Waals surface area (Å²) in [4.78, 5) is 19.1. The first-order valence-electron chi connectivity index (χ1n) is 7.10. The van der Waals surface area contributed by atoms with E-state index >= 15 is 0 Å². The van der Waals surface area contributed by atoms with Crippen molar-refractivity contribution in [2.24, 2.45) is 0 Å². The van der Waals surface area contributed by atoms with Gasteiger partial charge in [-0.15, -0.1) is 0 Å². The number of hydrogen-bond donors (Lipinski definition) is 1. The highest BCUT2D eigenvalue weighted by molar-refractivity contribution is 5.88. The Hall–Kier alpha value is -3.27. The average Bonchev–Trinajstić information content (AvgIpc) is 2.61. The Morgan fingerprint density at radius 3 is 2.22 bits per heavy atom. The van der Waals surface area contributed by atoms with Crippen LogP contribution in [-0.4, -0.2) is 21.0 Å². The number of aromatic nitrogens is 2. The molecule has 1 N–H and O–H groups in total. The van der Waals surface area contributed by atoms with Gasteiger partial charge in [-0.2, -0.15) is 0 Å². The lowest BCUT2D eigenvalue weighted by molar-refractivity contribution is -0.131. The summed E-state index contributed by atoms with van der Waals surface area (Å²) in [5, 5.41) is 8.86. The molecule has 0 fully saturated rings. The Labute approximate surface area is 133 Å². The van der Waals surface area contributed by atoms with Crippen molar-refractivity contribution in [2.45, 2.75) is 0 Å². The van der Waals surface area contributed by atoms with Gasteiger partial charge in [0.2, 0.25) is 0 Å². The number of hydrogen-bond acceptors (Lipinski definition) is 3. The second kappa shape index (κ2) is 6.66. The van der Waals surface area contributed by atoms with Crippen LogP contribution in [0.1, 0.15) is 5.56 Å². The summed E-state index contributed by atoms with van der Waals surface area (Å²) in [6.07, 6.45) is 9.74. The van der Waals surface area contributed by atoms with Crippen molar-refractivity contribution < 1.29 is 9.90 Å². The zero-order valence-corrected chi connectivity index (χ0v) is 12.3. The van der Waals surface area contributed by atoms with Crippen molar-refractivity contribution >= 4 is 12.0 Å². The molecular weight excluding hydrogens is 288 g/mol. The van der Waals surface area contributed by atoms with Crippen molar-refractivity contribution in [1.29, 1.82) is 0 Å². The molecule has 3 rings (SSSR count). The highest BCUT2D eigenvalue weighted by atomic mass is 16.4. The van der Waals surface area contributed by atoms with Crippen LogP contribution in [0.25, 0.3) is 28.3 Å². The maximum absolute atomic E-state index is 10.8. The van der Waals surface area contributed by atoms with Gasteiger partial charge in [-0.1, -0.05) is 24.3 Å². The van der Waals surface area contributed by atoms with Gasteiger partial charge < -0.3 is 5.11 Å². The molecule has 0 spiro atoms. The lowest BCUT2D eigenvalue weighted by Gasteiger charge is -2.09. The summed E-state index contributed by atoms with van der Waals surface area (Å²) in [5.41, 5.74) is 4.71. The summed E-state index contributed by atoms with van der Waals surface area (Å²) in [5.74, 6) is -0.974. The topological polar surface area (TPSA) is 63.1 Å². The molecule has 0 amide bonds. The minimum atomic E-state index is -0.974. The minimum absolute atomic E-state index is 0.827. The number of rotatable bonds is 4. The monoisotopic (exact) mass is 302 g/mol. The number of carboxylic acids is 1. The Balaban J connectivity index is 2.13. The molecule has 0 aliphatic heterocycles. The molecule has 2 heterocycles. The fourth-order valence-corrected chi connectivity index (χ4v) is 2.35. The molecule has 2 aromatic heterocycles. The summed E-state index contributed by atoms with van der Waals surface area (Å²) >= 11 is 0. The van der Waals surface area contributed by atoms with Crippen LogP contribution in [0.2, 0.25) is 0 Å². The van der Waals surface area contributed by atoms with E-state index in [1.165, 1.54) is 0 Å². The molecule has 1 aromatic carbocycles. The first-order valence-corrected chi connectivity index (χ1v) is 7.10. The third-order valence-corrected chi connectivity index (χ3v) is 3.43. The van der Waals surface area contributed by atoms with E-state index in [2.05, 4.69) is 9.97 Å². The first kappa shape index (κ1) is 14.7. The number of nitrogens with zero attached hydrogens (tertiary/aromatic N) is 2. The van der Waals surface area contributed by atoms with Gasteiger partial charge in [-0.05, 0) is 41.0 Å². The van der Waals surface area contributed by atoms with E-state index in [1.54, 1.807) is 30.9 Å². The molecule has 0 atom stereocenters. The Kier molecular flexibility index (Phi) is 4.25. The van der Waals surface area contributed by atoms with Crippen LogP contribution in [0.15, 0.2) is 73.3 Å². The van der Waals surface area contributed by atoms with Crippen molar-refractivity contribution in [2.75, 3.05) is 0 Å². The summed E-state index contributed by atoms with van der Waals surface area (Å²) in [6, 6.07) is 13.6. The van der Waals surface area contributed by atoms with Crippen LogP contribution in [0.3, 0.4) is 0 Å². The van der Waals surface area contributed by atoms with Crippen LogP contribution in [0.5, 0.6) is 0 Å². The van der Waals surface area contributed by atoms with Crippen LogP contribution < -0.4 is 0 Å². The lowest BCUT2D eigenvalue weighted by atomic mass is 9.95. The third-order valence-electron chi connectivity index (χ3n) is 3.43. The Bertz CT molecular complexity index is 844. The summed E-state index contributed by atoms with van der Waals surface area (Å²) < 4.78 is 0. The number of aliphatic carboxylic acids is 1. The SMILES string of the molecule is O=C(O)/C=C/c1ccc(-c2cccnc2)cc1-c1cccnc1. The number of carboxylic acid groups (broad SMARTS) is 1. The van der Waals surface area contributed by atoms with Gasteiger partial charge in [-0.3, -0.25) is 9.97 Å². The standard InChI is InChI=1S/C19H14N2O2/c22-19(23)8-7-14-5-6-15(16-3-1-9-20-12-16)11-18(14)17-4-2-10-21-13-17/h1-13H,(H,22,23)/b8-7+. The Morgan fingerprint density at radius 2 is 1.61 bits per heavy atom. The highest BCUT2D eigenvalue weighted by Gasteiger charge is 2.07. The Morgan fingerprint density at radius 1 is 0.913 bits per heavy atom. The number of benzene rings is 1. The van der Waals surface area contributed by atoms with Crippen LogP contribution in [0, 0.1) is 0 Å². The van der Waals surface area contributed by atoms with Gasteiger partial charge in [-0.25, -0.2) is 4.79 Å². The first-order chi connectivity index (χ1) is 11.2. The summed E-state index contributed by atoms with van der Waals surface area (Å²) in [7, 11) is 0. The maximum atomic E-state index is 10.8. The molecule has 0 saturated carbocycles. The molecule has 4 nitrogen and oxygen atoms in total. The quantitative estimate of drug-likeness (QED) is 0.742. The van der Waals surface area contributed by atoms with Crippen molar-refractivity contribution in [3.05, 3.63) is 78.9 Å². The smallest absolute Gasteiger partial charge is 0.328 e. The van der Waals surface area contributed by atoms with Crippen LogP contribution in [0.4, 0.5) is 0 Å². The van der Waals surface area contributed by atoms with E-state index in [1.807, 2.05) is 42.5 Å². The molecular formula is C19H14N2O2. The van der Waals surface area contributed by atoms with Gasteiger partial charge in [0.15, 0.2) is 0 Å². The average molecular weight is 302 g/mol. The van der Waals surface area contributed by atoms with Gasteiger partial charge >= 0.3 is 5.97 Å². The van der Waals surface area contributed by atoms with E-state index in [9.17, 15) is 4.79 Å². The molecule has 0 saturated heterocycles. The van der Waals surface area contributed by atoms with E-state index in [0.717, 1.165) is 33.9 Å². The third kappa shape index (κ3) is 3.49. The zero-order chi connectivity index (χ0) is 16.1. The number of carbonyl (C=O) groups is 1. The predicted molar refractivity (Wildman–Crippen MR) is 89.6 cm³/mol. The van der Waals surface area contributed by atoms with Gasteiger partial charge in [0.05, 0.1) is 0 Å². The zero-order valence-electron chi connectivity index (χ0n) is 12.3. The van der Waals surface area contributed by atoms with Crippen molar-refractivity contribution in [3.63, 3.8) is 0 Å². The largest absolute Gasteiger partial charge is 0.478 e. The van der Waals surface area contributed by atoms with Gasteiger partial charge in [0, 0.05) is 42.0 Å². The molecule has 0 aliphatic rings. The second-order valence-electron chi connectivity index (χ2n) is 4.96. The lowest BCUT2D eigenvalue weighted by Crippen LogP contribution is -1.90. The van der Waals surface area contributed by atoms with Crippen molar-refractivity contribution in [3.8, 4) is 22.3 Å². The van der Waals surface area contributed by atoms with E-state index in [0.29, 0.717) is 0 Å². The van der Waals surface area contributed by atoms with E-state index < -0.39 is 5.97 Å². The molecule has 112 valence electrons. The molecule has 3 aromatic rings. The van der Waals surface area contributed by atoms with E-state index in [4.69, 9.17) is 5.11 Å². The number of pyridine rings is 2. The van der Waals surface area contributed by atoms with Crippen molar-refractivity contribution in [1.82, 2.24) is 9.97 Å². The fraction of sp³-hybridized carbons (Fsp3) is 0. The minimum Gasteiger partial charge on any atom is -0.478 e. The predicted octanol–water partition coefficient (Wildman–Crippen LogP) is 3.91. The van der Waals surface area contributed by atoms with E-state index in [-0.39, 0.29) is 0 Å². The van der Waals surface area contributed by atoms with Gasteiger partial charge in [0.1, 0.15) is 0 Å². The molecule has 23 heavy (non-hydrogen) atoms. The normalized spacial score (nSPS) is 10.8. The molecule has 0 bridgehead atoms. The van der Waals surface area contributed by atoms with Crippen LogP contribution >= 0.6 is 0 Å². The molecule has 0 radical (unpaired) electrons. The van der Waals surface area contributed by atoms with Crippen LogP contribution in [-0.2, 0) is 4.79 Å². The highest BCUT2D eigenvalue weighted by Crippen LogP contribution is 2.29. The molecule has 0 aliphatic carbocycles. The molecule has 0 unspecified atom stereocenters. The van der Waals surface area contributed by atoms with Gasteiger partial charge in [0.25, 0.3) is 0 Å². The summed E-state index contributed by atoms with van der Waals surface area (Å²) in [6.45, 7) is 0. The molecule has 4 heteroatoms. The maximum Gasteiger partial charge on any atom is 0.328 e. The fourth-order valence-electron chi connectivity index (χ4n) is 2.35.